The van der Waals surface area contributed by atoms with Crippen LogP contribution in [0.2, 0.25) is 0 Å². The number of benzene rings is 3. The maximum absolute atomic E-state index is 13.3. The van der Waals surface area contributed by atoms with Crippen LogP contribution in [0, 0.1) is 5.41 Å². The number of para-hydroxylation sites is 2. The summed E-state index contributed by atoms with van der Waals surface area (Å²) in [6.07, 6.45) is 0.447. The van der Waals surface area contributed by atoms with Crippen LogP contribution in [0.4, 0.5) is 11.4 Å². The van der Waals surface area contributed by atoms with Gasteiger partial charge in [-0.05, 0) is 47.4 Å². The lowest BCUT2D eigenvalue weighted by Crippen LogP contribution is -2.20. The van der Waals surface area contributed by atoms with Crippen molar-refractivity contribution in [3.05, 3.63) is 84.4 Å². The van der Waals surface area contributed by atoms with Crippen molar-refractivity contribution in [1.29, 1.82) is 0 Å². The highest BCUT2D eigenvalue weighted by molar-refractivity contribution is 8.00. The number of carbonyl (C=O) groups is 2. The maximum atomic E-state index is 13.3. The first kappa shape index (κ1) is 24.4. The van der Waals surface area contributed by atoms with Gasteiger partial charge >= 0.3 is 0 Å². The molecule has 0 spiro atoms. The van der Waals surface area contributed by atoms with Gasteiger partial charge in [-0.3, -0.25) is 9.59 Å². The Kier molecular flexibility index (Phi) is 8.17. The van der Waals surface area contributed by atoms with Gasteiger partial charge in [0.15, 0.2) is 0 Å². The third-order valence-electron chi connectivity index (χ3n) is 4.79. The van der Waals surface area contributed by atoms with Crippen molar-refractivity contribution in [2.24, 2.45) is 5.41 Å². The second-order valence-corrected chi connectivity index (χ2v) is 10.1. The summed E-state index contributed by atoms with van der Waals surface area (Å²) in [5.41, 5.74) is 2.20. The highest BCUT2D eigenvalue weighted by Crippen LogP contribution is 2.37. The summed E-state index contributed by atoms with van der Waals surface area (Å²) in [5.74, 6) is 0.456. The quantitative estimate of drug-likeness (QED) is 0.373. The number of nitrogens with one attached hydrogen (secondary N) is 2. The molecule has 0 saturated heterocycles. The van der Waals surface area contributed by atoms with E-state index in [1.807, 2.05) is 99.6 Å². The molecule has 33 heavy (non-hydrogen) atoms. The average Bonchev–Trinajstić information content (AvgIpc) is 2.78. The minimum absolute atomic E-state index is 0.0127. The van der Waals surface area contributed by atoms with Gasteiger partial charge in [0, 0.05) is 17.0 Å². The second kappa shape index (κ2) is 11.1. The van der Waals surface area contributed by atoms with Gasteiger partial charge in [0.25, 0.3) is 0 Å². The molecule has 0 aliphatic heterocycles. The summed E-state index contributed by atoms with van der Waals surface area (Å²) in [6.45, 7) is 6.10. The maximum Gasteiger partial charge on any atom is 0.242 e. The molecule has 0 fully saturated rings. The van der Waals surface area contributed by atoms with Crippen LogP contribution in [0.25, 0.3) is 0 Å². The Balaban J connectivity index is 1.76. The average molecular weight is 463 g/mol. The van der Waals surface area contributed by atoms with E-state index in [0.717, 1.165) is 16.1 Å². The number of rotatable bonds is 8. The molecule has 0 bridgehead atoms. The summed E-state index contributed by atoms with van der Waals surface area (Å²) >= 11 is 1.45. The zero-order chi connectivity index (χ0) is 23.8. The molecular formula is C27H30N2O3S. The molecule has 5 nitrogen and oxygen atoms in total. The minimum Gasteiger partial charge on any atom is -0.495 e. The summed E-state index contributed by atoms with van der Waals surface area (Å²) in [5, 5.41) is 5.47. The van der Waals surface area contributed by atoms with Crippen LogP contribution in [0.1, 0.15) is 38.0 Å². The number of ether oxygens (including phenoxy) is 1. The lowest BCUT2D eigenvalue weighted by atomic mass is 9.92. The van der Waals surface area contributed by atoms with Crippen molar-refractivity contribution < 1.29 is 14.3 Å². The van der Waals surface area contributed by atoms with E-state index < -0.39 is 5.25 Å². The Morgan fingerprint density at radius 2 is 1.52 bits per heavy atom. The normalized spacial score (nSPS) is 12.0. The van der Waals surface area contributed by atoms with Gasteiger partial charge in [-0.1, -0.05) is 63.2 Å². The zero-order valence-corrected chi connectivity index (χ0v) is 20.2. The lowest BCUT2D eigenvalue weighted by molar-refractivity contribution is -0.118. The number of thioether (sulfide) groups is 1. The first-order valence-corrected chi connectivity index (χ1v) is 11.7. The predicted molar refractivity (Wildman–Crippen MR) is 136 cm³/mol. The molecule has 1 atom stereocenters. The second-order valence-electron chi connectivity index (χ2n) is 8.91. The Morgan fingerprint density at radius 3 is 2.15 bits per heavy atom. The molecule has 0 saturated carbocycles. The summed E-state index contributed by atoms with van der Waals surface area (Å²) < 4.78 is 5.37. The van der Waals surface area contributed by atoms with Gasteiger partial charge < -0.3 is 15.4 Å². The summed E-state index contributed by atoms with van der Waals surface area (Å²) in [6, 6.07) is 24.6. The van der Waals surface area contributed by atoms with E-state index in [1.165, 1.54) is 11.8 Å². The predicted octanol–water partition coefficient (Wildman–Crippen LogP) is 6.54. The van der Waals surface area contributed by atoms with Crippen molar-refractivity contribution in [2.45, 2.75) is 37.3 Å². The molecule has 2 amide bonds. The standard InChI is InChI=1S/C27H30N2O3S/c1-27(2,3)18-24(30)28-20-14-16-21(17-15-20)33-25(19-10-6-5-7-11-19)26(31)29-22-12-8-9-13-23(22)32-4/h5-17,25H,18H2,1-4H3,(H,28,30)(H,29,31). The van der Waals surface area contributed by atoms with Crippen molar-refractivity contribution in [2.75, 3.05) is 17.7 Å². The fourth-order valence-electron chi connectivity index (χ4n) is 3.29. The topological polar surface area (TPSA) is 67.4 Å². The molecule has 3 aromatic rings. The van der Waals surface area contributed by atoms with Gasteiger partial charge in [0.1, 0.15) is 11.0 Å². The highest BCUT2D eigenvalue weighted by atomic mass is 32.2. The molecule has 0 aliphatic carbocycles. The number of carbonyl (C=O) groups excluding carboxylic acids is 2. The van der Waals surface area contributed by atoms with Crippen LogP contribution in [0.3, 0.4) is 0 Å². The molecule has 0 heterocycles. The van der Waals surface area contributed by atoms with Crippen LogP contribution >= 0.6 is 11.8 Å². The van der Waals surface area contributed by atoms with Crippen molar-refractivity contribution >= 4 is 35.0 Å². The largest absolute Gasteiger partial charge is 0.495 e. The monoisotopic (exact) mass is 462 g/mol. The first-order chi connectivity index (χ1) is 15.7. The Hall–Kier alpha value is -3.25. The van der Waals surface area contributed by atoms with Crippen LogP contribution in [-0.4, -0.2) is 18.9 Å². The Bertz CT molecular complexity index is 1080. The van der Waals surface area contributed by atoms with Crippen molar-refractivity contribution in [1.82, 2.24) is 0 Å². The van der Waals surface area contributed by atoms with E-state index in [9.17, 15) is 9.59 Å². The SMILES string of the molecule is COc1ccccc1NC(=O)C(Sc1ccc(NC(=O)CC(C)(C)C)cc1)c1ccccc1. The van der Waals surface area contributed by atoms with Crippen LogP contribution in [-0.2, 0) is 9.59 Å². The number of methoxy groups -OCH3 is 1. The Morgan fingerprint density at radius 1 is 0.879 bits per heavy atom. The molecule has 0 aromatic heterocycles. The minimum atomic E-state index is -0.461. The van der Waals surface area contributed by atoms with Gasteiger partial charge in [-0.2, -0.15) is 0 Å². The molecule has 0 aliphatic rings. The number of hydrogen-bond donors (Lipinski definition) is 2. The van der Waals surface area contributed by atoms with E-state index in [1.54, 1.807) is 7.11 Å². The molecule has 6 heteroatoms. The first-order valence-electron chi connectivity index (χ1n) is 10.8. The number of anilines is 2. The highest BCUT2D eigenvalue weighted by Gasteiger charge is 2.23. The molecule has 1 unspecified atom stereocenters. The third-order valence-corrected chi connectivity index (χ3v) is 6.05. The Labute approximate surface area is 199 Å². The lowest BCUT2D eigenvalue weighted by Gasteiger charge is -2.19. The smallest absolute Gasteiger partial charge is 0.242 e. The van der Waals surface area contributed by atoms with Crippen LogP contribution in [0.15, 0.2) is 83.8 Å². The van der Waals surface area contributed by atoms with Crippen LogP contribution < -0.4 is 15.4 Å². The van der Waals surface area contributed by atoms with E-state index >= 15 is 0 Å². The van der Waals surface area contributed by atoms with Crippen molar-refractivity contribution in [3.8, 4) is 5.75 Å². The molecule has 0 radical (unpaired) electrons. The van der Waals surface area contributed by atoms with E-state index in [2.05, 4.69) is 10.6 Å². The van der Waals surface area contributed by atoms with E-state index in [0.29, 0.717) is 17.9 Å². The third kappa shape index (κ3) is 7.39. The summed E-state index contributed by atoms with van der Waals surface area (Å²) in [4.78, 5) is 26.4. The van der Waals surface area contributed by atoms with Gasteiger partial charge in [-0.25, -0.2) is 0 Å². The van der Waals surface area contributed by atoms with Gasteiger partial charge in [0.2, 0.25) is 11.8 Å². The van der Waals surface area contributed by atoms with E-state index in [-0.39, 0.29) is 17.2 Å². The van der Waals surface area contributed by atoms with Crippen molar-refractivity contribution in [3.63, 3.8) is 0 Å². The molecule has 3 rings (SSSR count). The molecule has 2 N–H and O–H groups in total. The van der Waals surface area contributed by atoms with Gasteiger partial charge in [-0.15, -0.1) is 11.8 Å². The van der Waals surface area contributed by atoms with Gasteiger partial charge in [0.05, 0.1) is 12.8 Å². The number of hydrogen-bond acceptors (Lipinski definition) is 4. The fourth-order valence-corrected chi connectivity index (χ4v) is 4.31. The molecular weight excluding hydrogens is 432 g/mol. The molecule has 3 aromatic carbocycles. The summed E-state index contributed by atoms with van der Waals surface area (Å²) in [7, 11) is 1.58. The zero-order valence-electron chi connectivity index (χ0n) is 19.4. The van der Waals surface area contributed by atoms with E-state index in [4.69, 9.17) is 4.74 Å². The number of amides is 2. The molecule has 172 valence electrons. The fraction of sp³-hybridized carbons (Fsp3) is 0.259. The van der Waals surface area contributed by atoms with Crippen LogP contribution in [0.5, 0.6) is 5.75 Å².